The Labute approximate surface area is 158 Å². The molecule has 1 amide bonds. The van der Waals surface area contributed by atoms with E-state index >= 15 is 0 Å². The minimum atomic E-state index is -0.176. The van der Waals surface area contributed by atoms with Crippen molar-refractivity contribution in [3.8, 4) is 5.75 Å². The average Bonchev–Trinajstić information content (AvgIpc) is 2.52. The van der Waals surface area contributed by atoms with E-state index in [-0.39, 0.29) is 17.9 Å². The molecule has 0 saturated carbocycles. The highest BCUT2D eigenvalue weighted by molar-refractivity contribution is 9.10. The van der Waals surface area contributed by atoms with Gasteiger partial charge in [0.05, 0.1) is 5.69 Å². The third-order valence-electron chi connectivity index (χ3n) is 4.33. The lowest BCUT2D eigenvalue weighted by Gasteiger charge is -2.20. The highest BCUT2D eigenvalue weighted by Gasteiger charge is 2.16. The second-order valence-electron chi connectivity index (χ2n) is 7.43. The van der Waals surface area contributed by atoms with Gasteiger partial charge in [-0.05, 0) is 76.5 Å². The van der Waals surface area contributed by atoms with Gasteiger partial charge < -0.3 is 10.1 Å². The van der Waals surface area contributed by atoms with Gasteiger partial charge in [0.2, 0.25) is 0 Å². The second kappa shape index (κ2) is 7.61. The average molecular weight is 404 g/mol. The van der Waals surface area contributed by atoms with E-state index in [0.29, 0.717) is 0 Å². The van der Waals surface area contributed by atoms with Crippen LogP contribution in [0.25, 0.3) is 0 Å². The molecule has 134 valence electrons. The summed E-state index contributed by atoms with van der Waals surface area (Å²) in [6, 6.07) is 10.1. The number of carbonyl (C=O) groups is 1. The van der Waals surface area contributed by atoms with Crippen molar-refractivity contribution in [1.82, 2.24) is 0 Å². The Balaban J connectivity index is 2.05. The number of aryl methyl sites for hydroxylation is 2. The molecule has 25 heavy (non-hydrogen) atoms. The Hall–Kier alpha value is -1.81. The van der Waals surface area contributed by atoms with E-state index in [9.17, 15) is 4.79 Å². The number of hydrogen-bond acceptors (Lipinski definition) is 2. The molecular weight excluding hydrogens is 378 g/mol. The number of hydrogen-bond donors (Lipinski definition) is 1. The molecule has 0 aliphatic heterocycles. The molecule has 0 unspecified atom stereocenters. The maximum atomic E-state index is 12.3. The standard InChI is InChI=1S/C21H26BrNO2/c1-13-7-8-14(2)20(15(13)3)25-12-19(24)23-18-10-9-16(11-17(18)22)21(4,5)6/h7-11H,12H2,1-6H3,(H,23,24). The highest BCUT2D eigenvalue weighted by Crippen LogP contribution is 2.30. The summed E-state index contributed by atoms with van der Waals surface area (Å²) in [5.41, 5.74) is 5.28. The molecular formula is C21H26BrNO2. The summed E-state index contributed by atoms with van der Waals surface area (Å²) in [7, 11) is 0. The van der Waals surface area contributed by atoms with Crippen LogP contribution in [0.4, 0.5) is 5.69 Å². The van der Waals surface area contributed by atoms with Crippen LogP contribution in [0.1, 0.15) is 43.0 Å². The van der Waals surface area contributed by atoms with Crippen LogP contribution in [0.3, 0.4) is 0 Å². The third-order valence-corrected chi connectivity index (χ3v) is 4.99. The van der Waals surface area contributed by atoms with Crippen molar-refractivity contribution in [3.63, 3.8) is 0 Å². The van der Waals surface area contributed by atoms with Gasteiger partial charge in [-0.2, -0.15) is 0 Å². The predicted octanol–water partition coefficient (Wildman–Crippen LogP) is 5.69. The number of nitrogens with one attached hydrogen (secondary N) is 1. The van der Waals surface area contributed by atoms with Crippen LogP contribution < -0.4 is 10.1 Å². The van der Waals surface area contributed by atoms with Crippen LogP contribution in [0, 0.1) is 20.8 Å². The van der Waals surface area contributed by atoms with Gasteiger partial charge in [0.15, 0.2) is 6.61 Å². The fourth-order valence-electron chi connectivity index (χ4n) is 2.55. The van der Waals surface area contributed by atoms with Gasteiger partial charge in [-0.25, -0.2) is 0 Å². The van der Waals surface area contributed by atoms with Gasteiger partial charge in [-0.1, -0.05) is 39.0 Å². The fourth-order valence-corrected chi connectivity index (χ4v) is 3.03. The number of anilines is 1. The Morgan fingerprint density at radius 3 is 2.32 bits per heavy atom. The first-order chi connectivity index (χ1) is 11.6. The topological polar surface area (TPSA) is 38.3 Å². The van der Waals surface area contributed by atoms with Gasteiger partial charge in [0.25, 0.3) is 5.91 Å². The molecule has 0 aliphatic rings. The summed E-state index contributed by atoms with van der Waals surface area (Å²) < 4.78 is 6.64. The van der Waals surface area contributed by atoms with Crippen molar-refractivity contribution >= 4 is 27.5 Å². The maximum Gasteiger partial charge on any atom is 0.262 e. The molecule has 0 fully saturated rings. The van der Waals surface area contributed by atoms with E-state index in [0.717, 1.165) is 32.6 Å². The van der Waals surface area contributed by atoms with E-state index in [2.05, 4.69) is 48.1 Å². The van der Waals surface area contributed by atoms with Crippen molar-refractivity contribution in [3.05, 3.63) is 57.1 Å². The molecule has 2 rings (SSSR count). The normalized spacial score (nSPS) is 11.3. The van der Waals surface area contributed by atoms with Gasteiger partial charge in [-0.3, -0.25) is 4.79 Å². The highest BCUT2D eigenvalue weighted by atomic mass is 79.9. The minimum absolute atomic E-state index is 0.0153. The number of ether oxygens (including phenoxy) is 1. The summed E-state index contributed by atoms with van der Waals surface area (Å²) in [6.45, 7) is 12.5. The lowest BCUT2D eigenvalue weighted by Crippen LogP contribution is -2.21. The molecule has 3 nitrogen and oxygen atoms in total. The molecule has 0 radical (unpaired) electrons. The van der Waals surface area contributed by atoms with Gasteiger partial charge in [0, 0.05) is 4.47 Å². The minimum Gasteiger partial charge on any atom is -0.483 e. The zero-order valence-corrected chi connectivity index (χ0v) is 17.4. The van der Waals surface area contributed by atoms with Crippen molar-refractivity contribution in [2.24, 2.45) is 0 Å². The predicted molar refractivity (Wildman–Crippen MR) is 108 cm³/mol. The van der Waals surface area contributed by atoms with Gasteiger partial charge in [-0.15, -0.1) is 0 Å². The monoisotopic (exact) mass is 403 g/mol. The van der Waals surface area contributed by atoms with Crippen LogP contribution in [0.2, 0.25) is 0 Å². The molecule has 0 aromatic heterocycles. The zero-order chi connectivity index (χ0) is 18.8. The van der Waals surface area contributed by atoms with Crippen molar-refractivity contribution < 1.29 is 9.53 Å². The van der Waals surface area contributed by atoms with Crippen molar-refractivity contribution in [1.29, 1.82) is 0 Å². The lowest BCUT2D eigenvalue weighted by molar-refractivity contribution is -0.118. The molecule has 0 spiro atoms. The molecule has 2 aromatic carbocycles. The molecule has 4 heteroatoms. The van der Waals surface area contributed by atoms with Crippen LogP contribution in [-0.2, 0) is 10.2 Å². The summed E-state index contributed by atoms with van der Waals surface area (Å²) >= 11 is 3.54. The first kappa shape index (κ1) is 19.5. The largest absolute Gasteiger partial charge is 0.483 e. The number of carbonyl (C=O) groups excluding carboxylic acids is 1. The van der Waals surface area contributed by atoms with Gasteiger partial charge >= 0.3 is 0 Å². The first-order valence-corrected chi connectivity index (χ1v) is 9.18. The SMILES string of the molecule is Cc1ccc(C)c(OCC(=O)Nc2ccc(C(C)(C)C)cc2Br)c1C. The molecule has 0 atom stereocenters. The Bertz CT molecular complexity index is 791. The van der Waals surface area contributed by atoms with Crippen molar-refractivity contribution in [2.45, 2.75) is 47.0 Å². The number of halogens is 1. The molecule has 0 saturated heterocycles. The van der Waals surface area contributed by atoms with Crippen molar-refractivity contribution in [2.75, 3.05) is 11.9 Å². The smallest absolute Gasteiger partial charge is 0.262 e. The number of rotatable bonds is 4. The number of benzene rings is 2. The zero-order valence-electron chi connectivity index (χ0n) is 15.8. The quantitative estimate of drug-likeness (QED) is 0.711. The molecule has 0 bridgehead atoms. The third kappa shape index (κ3) is 4.85. The first-order valence-electron chi connectivity index (χ1n) is 8.39. The van der Waals surface area contributed by atoms with Crippen LogP contribution >= 0.6 is 15.9 Å². The van der Waals surface area contributed by atoms with E-state index in [1.807, 2.05) is 45.0 Å². The van der Waals surface area contributed by atoms with Crippen LogP contribution in [0.5, 0.6) is 5.75 Å². The second-order valence-corrected chi connectivity index (χ2v) is 8.29. The van der Waals surface area contributed by atoms with E-state index in [1.165, 1.54) is 5.56 Å². The molecule has 0 heterocycles. The molecule has 0 aliphatic carbocycles. The summed E-state index contributed by atoms with van der Waals surface area (Å²) in [6.07, 6.45) is 0. The Kier molecular flexibility index (Phi) is 5.94. The van der Waals surface area contributed by atoms with E-state index in [4.69, 9.17) is 4.74 Å². The molecule has 1 N–H and O–H groups in total. The van der Waals surface area contributed by atoms with Gasteiger partial charge in [0.1, 0.15) is 5.75 Å². The summed E-state index contributed by atoms with van der Waals surface area (Å²) in [5, 5.41) is 2.90. The Morgan fingerprint density at radius 1 is 1.08 bits per heavy atom. The Morgan fingerprint density at radius 2 is 1.72 bits per heavy atom. The van der Waals surface area contributed by atoms with E-state index < -0.39 is 0 Å². The van der Waals surface area contributed by atoms with Crippen LogP contribution in [-0.4, -0.2) is 12.5 Å². The summed E-state index contributed by atoms with van der Waals surface area (Å²) in [4.78, 5) is 12.3. The fraction of sp³-hybridized carbons (Fsp3) is 0.381. The number of amides is 1. The lowest BCUT2D eigenvalue weighted by atomic mass is 9.87. The maximum absolute atomic E-state index is 12.3. The van der Waals surface area contributed by atoms with E-state index in [1.54, 1.807) is 0 Å². The molecule has 2 aromatic rings. The van der Waals surface area contributed by atoms with Crippen LogP contribution in [0.15, 0.2) is 34.8 Å². The summed E-state index contributed by atoms with van der Waals surface area (Å²) in [5.74, 6) is 0.613.